The van der Waals surface area contributed by atoms with E-state index in [9.17, 15) is 10.1 Å². The Labute approximate surface area is 204 Å². The van der Waals surface area contributed by atoms with Crippen LogP contribution < -0.4 is 19.5 Å². The number of amides is 1. The zero-order valence-electron chi connectivity index (χ0n) is 19.2. The maximum Gasteiger partial charge on any atom is 0.266 e. The minimum Gasteiger partial charge on any atom is -0.497 e. The number of nitrogens with zero attached hydrogens (tertiary/aromatic N) is 1. The molecule has 34 heavy (non-hydrogen) atoms. The summed E-state index contributed by atoms with van der Waals surface area (Å²) in [7, 11) is 1.56. The molecule has 0 atom stereocenters. The lowest BCUT2D eigenvalue weighted by atomic mass is 10.1. The molecule has 6 nitrogen and oxygen atoms in total. The van der Waals surface area contributed by atoms with Gasteiger partial charge in [0.25, 0.3) is 5.91 Å². The van der Waals surface area contributed by atoms with Gasteiger partial charge in [0, 0.05) is 27.9 Å². The largest absolute Gasteiger partial charge is 0.497 e. The van der Waals surface area contributed by atoms with Crippen molar-refractivity contribution in [2.24, 2.45) is 0 Å². The van der Waals surface area contributed by atoms with Crippen LogP contribution in [0.15, 0.2) is 72.3 Å². The van der Waals surface area contributed by atoms with E-state index in [1.54, 1.807) is 49.6 Å². The smallest absolute Gasteiger partial charge is 0.266 e. The minimum absolute atomic E-state index is 0.0576. The third kappa shape index (κ3) is 6.77. The lowest BCUT2D eigenvalue weighted by molar-refractivity contribution is -0.112. The van der Waals surface area contributed by atoms with E-state index >= 15 is 0 Å². The first-order valence-corrected chi connectivity index (χ1v) is 11.0. The monoisotopic (exact) mass is 476 g/mol. The van der Waals surface area contributed by atoms with Gasteiger partial charge in [-0.05, 0) is 62.4 Å². The molecule has 3 rings (SSSR count). The summed E-state index contributed by atoms with van der Waals surface area (Å²) in [5.74, 6) is 1.24. The maximum absolute atomic E-state index is 12.7. The molecule has 0 fully saturated rings. The van der Waals surface area contributed by atoms with Crippen LogP contribution in [0.25, 0.3) is 6.08 Å². The molecule has 174 valence electrons. The average Bonchev–Trinajstić information content (AvgIpc) is 2.83. The summed E-state index contributed by atoms with van der Waals surface area (Å²) in [6.07, 6.45) is 1.41. The van der Waals surface area contributed by atoms with Crippen LogP contribution in [0.4, 0.5) is 5.69 Å². The van der Waals surface area contributed by atoms with Crippen LogP contribution in [0.1, 0.15) is 25.0 Å². The number of carbonyl (C=O) groups excluding carboxylic acids is 1. The molecule has 0 aliphatic rings. The highest BCUT2D eigenvalue weighted by Gasteiger charge is 2.13. The highest BCUT2D eigenvalue weighted by atomic mass is 35.5. The molecule has 0 radical (unpaired) electrons. The van der Waals surface area contributed by atoms with E-state index in [4.69, 9.17) is 25.8 Å². The highest BCUT2D eigenvalue weighted by Crippen LogP contribution is 2.28. The third-order valence-corrected chi connectivity index (χ3v) is 5.08. The van der Waals surface area contributed by atoms with Gasteiger partial charge in [-0.2, -0.15) is 5.26 Å². The van der Waals surface area contributed by atoms with Gasteiger partial charge in [0.2, 0.25) is 0 Å². The maximum atomic E-state index is 12.7. The Balaban J connectivity index is 1.70. The van der Waals surface area contributed by atoms with Gasteiger partial charge in [-0.1, -0.05) is 29.8 Å². The molecule has 1 N–H and O–H groups in total. The molecule has 0 saturated heterocycles. The zero-order valence-corrected chi connectivity index (χ0v) is 19.9. The lowest BCUT2D eigenvalue weighted by Gasteiger charge is -2.14. The van der Waals surface area contributed by atoms with Crippen molar-refractivity contribution in [1.29, 1.82) is 5.26 Å². The second-order valence-corrected chi connectivity index (χ2v) is 8.01. The Hall–Kier alpha value is -3.95. The number of methoxy groups -OCH3 is 1. The van der Waals surface area contributed by atoms with E-state index in [2.05, 4.69) is 5.32 Å². The number of ether oxygens (including phenoxy) is 3. The number of anilines is 1. The topological polar surface area (TPSA) is 80.6 Å². The Morgan fingerprint density at radius 2 is 1.79 bits per heavy atom. The summed E-state index contributed by atoms with van der Waals surface area (Å²) < 4.78 is 16.8. The van der Waals surface area contributed by atoms with Gasteiger partial charge in [0.15, 0.2) is 0 Å². The number of rotatable bonds is 9. The molecule has 0 aromatic heterocycles. The molecule has 0 bridgehead atoms. The van der Waals surface area contributed by atoms with E-state index < -0.39 is 5.91 Å². The lowest BCUT2D eigenvalue weighted by Crippen LogP contribution is -2.13. The van der Waals surface area contributed by atoms with Crippen molar-refractivity contribution in [2.45, 2.75) is 26.6 Å². The molecular weight excluding hydrogens is 452 g/mol. The number of nitriles is 1. The standard InChI is InChI=1S/C27H25ClN2O4/c1-18(2)34-26-15-24(32-3)11-8-19(26)14-21(16-29)27(31)30-22-9-12-23(13-10-22)33-17-20-6-4-5-7-25(20)28/h4-15,18H,17H2,1-3H3,(H,30,31)/b21-14+. The van der Waals surface area contributed by atoms with Crippen LogP contribution in [-0.2, 0) is 11.4 Å². The van der Waals surface area contributed by atoms with E-state index in [0.717, 1.165) is 5.56 Å². The van der Waals surface area contributed by atoms with Gasteiger partial charge in [0.05, 0.1) is 13.2 Å². The zero-order chi connectivity index (χ0) is 24.5. The van der Waals surface area contributed by atoms with Crippen molar-refractivity contribution in [3.8, 4) is 23.3 Å². The highest BCUT2D eigenvalue weighted by molar-refractivity contribution is 6.31. The molecule has 0 heterocycles. The Bertz CT molecular complexity index is 1210. The molecule has 0 aliphatic carbocycles. The number of hydrogen-bond donors (Lipinski definition) is 1. The first-order valence-electron chi connectivity index (χ1n) is 10.6. The summed E-state index contributed by atoms with van der Waals surface area (Å²) in [5.41, 5.74) is 1.96. The summed E-state index contributed by atoms with van der Waals surface area (Å²) >= 11 is 6.15. The molecule has 3 aromatic rings. The van der Waals surface area contributed by atoms with E-state index in [0.29, 0.717) is 40.1 Å². The molecule has 0 spiro atoms. The van der Waals surface area contributed by atoms with Crippen molar-refractivity contribution < 1.29 is 19.0 Å². The SMILES string of the molecule is COc1ccc(/C=C(\C#N)C(=O)Nc2ccc(OCc3ccccc3Cl)cc2)c(OC(C)C)c1. The van der Waals surface area contributed by atoms with Gasteiger partial charge in [0.1, 0.15) is 35.5 Å². The molecular formula is C27H25ClN2O4. The number of carbonyl (C=O) groups is 1. The van der Waals surface area contributed by atoms with E-state index in [1.807, 2.05) is 44.2 Å². The Kier molecular flexibility index (Phi) is 8.55. The van der Waals surface area contributed by atoms with Crippen molar-refractivity contribution in [3.63, 3.8) is 0 Å². The normalized spacial score (nSPS) is 11.0. The number of nitrogens with one attached hydrogen (secondary N) is 1. The van der Waals surface area contributed by atoms with Crippen LogP contribution >= 0.6 is 11.6 Å². The second kappa shape index (κ2) is 11.8. The molecule has 0 unspecified atom stereocenters. The van der Waals surface area contributed by atoms with Crippen LogP contribution in [0.2, 0.25) is 5.02 Å². The third-order valence-electron chi connectivity index (χ3n) is 4.71. The predicted octanol–water partition coefficient (Wildman–Crippen LogP) is 6.26. The van der Waals surface area contributed by atoms with E-state index in [-0.39, 0.29) is 11.7 Å². The summed E-state index contributed by atoms with van der Waals surface area (Å²) in [4.78, 5) is 12.7. The molecule has 0 aliphatic heterocycles. The van der Waals surface area contributed by atoms with Gasteiger partial charge < -0.3 is 19.5 Å². The quantitative estimate of drug-likeness (QED) is 0.291. The first-order chi connectivity index (χ1) is 16.4. The number of halogens is 1. The van der Waals surface area contributed by atoms with Crippen LogP contribution in [0.5, 0.6) is 17.2 Å². The average molecular weight is 477 g/mol. The summed E-state index contributed by atoms with van der Waals surface area (Å²) in [6.45, 7) is 4.12. The fraction of sp³-hybridized carbons (Fsp3) is 0.185. The van der Waals surface area contributed by atoms with Crippen LogP contribution in [0.3, 0.4) is 0 Å². The first kappa shape index (κ1) is 24.7. The second-order valence-electron chi connectivity index (χ2n) is 7.60. The summed E-state index contributed by atoms with van der Waals surface area (Å²) in [5, 5.41) is 13.0. The fourth-order valence-electron chi connectivity index (χ4n) is 3.03. The van der Waals surface area contributed by atoms with Gasteiger partial charge in [-0.3, -0.25) is 4.79 Å². The number of hydrogen-bond acceptors (Lipinski definition) is 5. The van der Waals surface area contributed by atoms with Crippen molar-refractivity contribution in [2.75, 3.05) is 12.4 Å². The van der Waals surface area contributed by atoms with Crippen LogP contribution in [0, 0.1) is 11.3 Å². The molecule has 0 saturated carbocycles. The molecule has 1 amide bonds. The molecule has 3 aromatic carbocycles. The van der Waals surface area contributed by atoms with Crippen LogP contribution in [-0.4, -0.2) is 19.1 Å². The fourth-order valence-corrected chi connectivity index (χ4v) is 3.22. The Morgan fingerprint density at radius 3 is 2.44 bits per heavy atom. The summed E-state index contributed by atoms with van der Waals surface area (Å²) in [6, 6.07) is 21.5. The van der Waals surface area contributed by atoms with E-state index in [1.165, 1.54) is 6.08 Å². The minimum atomic E-state index is -0.529. The van der Waals surface area contributed by atoms with Crippen molar-refractivity contribution >= 4 is 29.3 Å². The predicted molar refractivity (Wildman–Crippen MR) is 133 cm³/mol. The Morgan fingerprint density at radius 1 is 1.09 bits per heavy atom. The van der Waals surface area contributed by atoms with Crippen molar-refractivity contribution in [1.82, 2.24) is 0 Å². The van der Waals surface area contributed by atoms with Gasteiger partial charge in [-0.25, -0.2) is 0 Å². The number of benzene rings is 3. The van der Waals surface area contributed by atoms with Crippen molar-refractivity contribution in [3.05, 3.63) is 88.5 Å². The molecule has 7 heteroatoms. The van der Waals surface area contributed by atoms with Gasteiger partial charge >= 0.3 is 0 Å². The van der Waals surface area contributed by atoms with Gasteiger partial charge in [-0.15, -0.1) is 0 Å².